The van der Waals surface area contributed by atoms with Gasteiger partial charge in [-0.3, -0.25) is 0 Å². The molecule has 1 rings (SSSR count). The van der Waals surface area contributed by atoms with Gasteiger partial charge in [0.15, 0.2) is 0 Å². The van der Waals surface area contributed by atoms with Crippen molar-refractivity contribution in [1.82, 2.24) is 5.32 Å². The number of nitrogens with one attached hydrogen (secondary N) is 1. The fourth-order valence-electron chi connectivity index (χ4n) is 1.10. The normalized spacial score (nSPS) is 9.92. The van der Waals surface area contributed by atoms with E-state index in [1.54, 1.807) is 25.2 Å². The predicted octanol–water partition coefficient (Wildman–Crippen LogP) is 0.686. The molecule has 0 aliphatic heterocycles. The molecule has 0 aliphatic rings. The van der Waals surface area contributed by atoms with Crippen LogP contribution in [0.15, 0.2) is 18.2 Å². The lowest BCUT2D eigenvalue weighted by Crippen LogP contribution is -2.08. The van der Waals surface area contributed by atoms with E-state index >= 15 is 0 Å². The number of carbonyl (C=O) groups is 1. The number of rotatable bonds is 3. The van der Waals surface area contributed by atoms with E-state index in [9.17, 15) is 4.79 Å². The molecule has 0 atom stereocenters. The zero-order valence-electron chi connectivity index (χ0n) is 7.37. The zero-order chi connectivity index (χ0) is 9.84. The molecule has 0 spiro atoms. The van der Waals surface area contributed by atoms with Gasteiger partial charge in [0.05, 0.1) is 5.56 Å². The number of carboxylic acids is 1. The third-order valence-corrected chi connectivity index (χ3v) is 1.73. The molecule has 0 saturated carbocycles. The van der Waals surface area contributed by atoms with Gasteiger partial charge >= 0.3 is 5.97 Å². The number of nitrogen functional groups attached to an aromatic ring is 1. The summed E-state index contributed by atoms with van der Waals surface area (Å²) in [7, 11) is 1.80. The van der Waals surface area contributed by atoms with E-state index in [0.29, 0.717) is 12.2 Å². The van der Waals surface area contributed by atoms with Gasteiger partial charge in [0, 0.05) is 12.2 Å². The fourth-order valence-corrected chi connectivity index (χ4v) is 1.10. The van der Waals surface area contributed by atoms with E-state index in [1.165, 1.54) is 0 Å². The molecule has 0 aromatic heterocycles. The van der Waals surface area contributed by atoms with Crippen molar-refractivity contribution >= 4 is 11.7 Å². The zero-order valence-corrected chi connectivity index (χ0v) is 7.37. The van der Waals surface area contributed by atoms with Crippen LogP contribution in [0.3, 0.4) is 0 Å². The van der Waals surface area contributed by atoms with E-state index in [4.69, 9.17) is 10.8 Å². The SMILES string of the molecule is CNCc1ccc(N)c(C(=O)O)c1. The highest BCUT2D eigenvalue weighted by Crippen LogP contribution is 2.13. The maximum absolute atomic E-state index is 10.7. The molecular formula is C9H12N2O2. The Balaban J connectivity index is 3.04. The number of benzene rings is 1. The number of hydrogen-bond acceptors (Lipinski definition) is 3. The van der Waals surface area contributed by atoms with E-state index in [0.717, 1.165) is 5.56 Å². The largest absolute Gasteiger partial charge is 0.478 e. The van der Waals surface area contributed by atoms with Crippen molar-refractivity contribution in [3.05, 3.63) is 29.3 Å². The highest BCUT2D eigenvalue weighted by molar-refractivity contribution is 5.93. The Morgan fingerprint density at radius 2 is 2.31 bits per heavy atom. The second kappa shape index (κ2) is 3.91. The minimum absolute atomic E-state index is 0.160. The molecule has 70 valence electrons. The first-order valence-corrected chi connectivity index (χ1v) is 3.91. The van der Waals surface area contributed by atoms with Crippen LogP contribution in [0.4, 0.5) is 5.69 Å². The summed E-state index contributed by atoms with van der Waals surface area (Å²) in [5, 5.41) is 11.7. The molecule has 0 radical (unpaired) electrons. The summed E-state index contributed by atoms with van der Waals surface area (Å²) >= 11 is 0. The molecule has 1 aromatic carbocycles. The van der Waals surface area contributed by atoms with Crippen LogP contribution < -0.4 is 11.1 Å². The Hall–Kier alpha value is -1.55. The van der Waals surface area contributed by atoms with Crippen molar-refractivity contribution in [3.63, 3.8) is 0 Å². The van der Waals surface area contributed by atoms with Gasteiger partial charge in [-0.2, -0.15) is 0 Å². The molecule has 0 fully saturated rings. The molecule has 0 saturated heterocycles. The molecule has 0 unspecified atom stereocenters. The van der Waals surface area contributed by atoms with Crippen LogP contribution in [-0.2, 0) is 6.54 Å². The van der Waals surface area contributed by atoms with Gasteiger partial charge in [0.25, 0.3) is 0 Å². The third kappa shape index (κ3) is 2.19. The molecule has 0 heterocycles. The van der Waals surface area contributed by atoms with E-state index in [1.807, 2.05) is 0 Å². The molecule has 0 aliphatic carbocycles. The van der Waals surface area contributed by atoms with Gasteiger partial charge in [-0.15, -0.1) is 0 Å². The Morgan fingerprint density at radius 3 is 2.85 bits per heavy atom. The number of hydrogen-bond donors (Lipinski definition) is 3. The summed E-state index contributed by atoms with van der Waals surface area (Å²) in [5.74, 6) is -0.990. The van der Waals surface area contributed by atoms with Gasteiger partial charge in [-0.1, -0.05) is 6.07 Å². The van der Waals surface area contributed by atoms with Gasteiger partial charge < -0.3 is 16.2 Å². The maximum atomic E-state index is 10.7. The van der Waals surface area contributed by atoms with Crippen LogP contribution in [0, 0.1) is 0 Å². The Labute approximate surface area is 76.4 Å². The molecule has 1 aromatic rings. The number of aromatic carboxylic acids is 1. The standard InChI is InChI=1S/C9H12N2O2/c1-11-5-6-2-3-8(10)7(4-6)9(12)13/h2-4,11H,5,10H2,1H3,(H,12,13). The summed E-state index contributed by atoms with van der Waals surface area (Å²) < 4.78 is 0. The first-order chi connectivity index (χ1) is 6.15. The van der Waals surface area contributed by atoms with Crippen LogP contribution in [0.2, 0.25) is 0 Å². The van der Waals surface area contributed by atoms with E-state index in [-0.39, 0.29) is 5.56 Å². The number of carboxylic acid groups (broad SMARTS) is 1. The molecule has 0 amide bonds. The lowest BCUT2D eigenvalue weighted by atomic mass is 10.1. The van der Waals surface area contributed by atoms with Gasteiger partial charge in [-0.25, -0.2) is 4.79 Å². The highest BCUT2D eigenvalue weighted by Gasteiger charge is 2.07. The second-order valence-corrected chi connectivity index (χ2v) is 2.76. The third-order valence-electron chi connectivity index (χ3n) is 1.73. The first-order valence-electron chi connectivity index (χ1n) is 3.91. The second-order valence-electron chi connectivity index (χ2n) is 2.76. The topological polar surface area (TPSA) is 75.3 Å². The van der Waals surface area contributed by atoms with Crippen LogP contribution in [0.1, 0.15) is 15.9 Å². The lowest BCUT2D eigenvalue weighted by Gasteiger charge is -2.04. The van der Waals surface area contributed by atoms with Crippen LogP contribution >= 0.6 is 0 Å². The number of anilines is 1. The van der Waals surface area contributed by atoms with Crippen LogP contribution in [0.5, 0.6) is 0 Å². The Kier molecular flexibility index (Phi) is 2.87. The molecule has 13 heavy (non-hydrogen) atoms. The smallest absolute Gasteiger partial charge is 0.337 e. The van der Waals surface area contributed by atoms with E-state index in [2.05, 4.69) is 5.32 Å². The summed E-state index contributed by atoms with van der Waals surface area (Å²) in [4.78, 5) is 10.7. The monoisotopic (exact) mass is 180 g/mol. The average molecular weight is 180 g/mol. The fraction of sp³-hybridized carbons (Fsp3) is 0.222. The number of nitrogens with two attached hydrogens (primary N) is 1. The summed E-state index contributed by atoms with van der Waals surface area (Å²) in [6.45, 7) is 0.639. The molecular weight excluding hydrogens is 168 g/mol. The summed E-state index contributed by atoms with van der Waals surface area (Å²) in [6, 6.07) is 4.99. The summed E-state index contributed by atoms with van der Waals surface area (Å²) in [6.07, 6.45) is 0. The van der Waals surface area contributed by atoms with Gasteiger partial charge in [-0.05, 0) is 24.7 Å². The minimum atomic E-state index is -0.990. The molecule has 0 bridgehead atoms. The van der Waals surface area contributed by atoms with Crippen molar-refractivity contribution in [2.75, 3.05) is 12.8 Å². The first kappa shape index (κ1) is 9.54. The minimum Gasteiger partial charge on any atom is -0.478 e. The highest BCUT2D eigenvalue weighted by atomic mass is 16.4. The lowest BCUT2D eigenvalue weighted by molar-refractivity contribution is 0.0698. The predicted molar refractivity (Wildman–Crippen MR) is 50.6 cm³/mol. The van der Waals surface area contributed by atoms with Crippen molar-refractivity contribution in [1.29, 1.82) is 0 Å². The molecule has 4 heteroatoms. The van der Waals surface area contributed by atoms with E-state index < -0.39 is 5.97 Å². The Morgan fingerprint density at radius 1 is 1.62 bits per heavy atom. The van der Waals surface area contributed by atoms with Crippen molar-refractivity contribution in [3.8, 4) is 0 Å². The quantitative estimate of drug-likeness (QED) is 0.598. The molecule has 4 N–H and O–H groups in total. The summed E-state index contributed by atoms with van der Waals surface area (Å²) in [5.41, 5.74) is 6.85. The van der Waals surface area contributed by atoms with Crippen molar-refractivity contribution < 1.29 is 9.90 Å². The van der Waals surface area contributed by atoms with Crippen molar-refractivity contribution in [2.24, 2.45) is 0 Å². The van der Waals surface area contributed by atoms with Crippen LogP contribution in [0.25, 0.3) is 0 Å². The van der Waals surface area contributed by atoms with Gasteiger partial charge in [0.1, 0.15) is 0 Å². The Bertz CT molecular complexity index is 323. The van der Waals surface area contributed by atoms with Crippen molar-refractivity contribution in [2.45, 2.75) is 6.54 Å². The maximum Gasteiger partial charge on any atom is 0.337 e. The van der Waals surface area contributed by atoms with Gasteiger partial charge in [0.2, 0.25) is 0 Å². The van der Waals surface area contributed by atoms with Crippen LogP contribution in [-0.4, -0.2) is 18.1 Å². The molecule has 4 nitrogen and oxygen atoms in total. The average Bonchev–Trinajstić information content (AvgIpc) is 2.08.